The number of nitrogens with zero attached hydrogens (tertiary/aromatic N) is 2. The number of oxazole rings is 1. The van der Waals surface area contributed by atoms with Gasteiger partial charge in [-0.2, -0.15) is 4.98 Å². The fraction of sp³-hybridized carbons (Fsp3) is 0.250. The highest BCUT2D eigenvalue weighted by Gasteiger charge is 2.11. The molecule has 1 aromatic heterocycles. The monoisotopic (exact) mass is 254 g/mol. The molecule has 0 amide bonds. The molecule has 0 radical (unpaired) electrons. The molecule has 0 aliphatic heterocycles. The van der Waals surface area contributed by atoms with Gasteiger partial charge in [0.2, 0.25) is 0 Å². The molecule has 0 spiro atoms. The van der Waals surface area contributed by atoms with Gasteiger partial charge in [0.15, 0.2) is 0 Å². The summed E-state index contributed by atoms with van der Waals surface area (Å²) in [6, 6.07) is 7.06. The van der Waals surface area contributed by atoms with Crippen molar-refractivity contribution in [1.29, 1.82) is 0 Å². The molecule has 90 valence electrons. The van der Waals surface area contributed by atoms with Crippen LogP contribution in [-0.4, -0.2) is 12.0 Å². The van der Waals surface area contributed by atoms with Crippen molar-refractivity contribution in [3.05, 3.63) is 47.6 Å². The fourth-order valence-electron chi connectivity index (χ4n) is 1.48. The van der Waals surface area contributed by atoms with Gasteiger partial charge in [-0.1, -0.05) is 18.2 Å². The Balaban J connectivity index is 2.11. The minimum atomic E-state index is -0.233. The maximum absolute atomic E-state index is 13.4. The molecule has 0 aliphatic carbocycles. The number of hydrogen-bond acceptors (Lipinski definition) is 3. The highest BCUT2D eigenvalue weighted by atomic mass is 35.5. The van der Waals surface area contributed by atoms with Crippen molar-refractivity contribution in [2.24, 2.45) is 0 Å². The van der Waals surface area contributed by atoms with E-state index in [0.29, 0.717) is 29.7 Å². The summed E-state index contributed by atoms with van der Waals surface area (Å²) in [5, 5.41) is 0. The average molecular weight is 255 g/mol. The predicted octanol–water partition coefficient (Wildman–Crippen LogP) is 3.19. The molecular weight excluding hydrogens is 243 g/mol. The Kier molecular flexibility index (Phi) is 3.64. The molecule has 0 aliphatic rings. The Labute approximate surface area is 104 Å². The van der Waals surface area contributed by atoms with Crippen LogP contribution in [0.2, 0.25) is 0 Å². The zero-order chi connectivity index (χ0) is 12.3. The second-order valence-electron chi connectivity index (χ2n) is 3.70. The maximum atomic E-state index is 13.4. The summed E-state index contributed by atoms with van der Waals surface area (Å²) in [5.41, 5.74) is 1.27. The number of alkyl halides is 1. The standard InChI is InChI=1S/C12H12ClFN2O/c1-16(12-15-10(6-13)8-17-12)7-9-4-2-3-5-11(9)14/h2-5,8H,6-7H2,1H3. The Morgan fingerprint density at radius 2 is 2.18 bits per heavy atom. The molecule has 1 heterocycles. The number of benzene rings is 1. The number of rotatable bonds is 4. The van der Waals surface area contributed by atoms with Crippen LogP contribution < -0.4 is 4.90 Å². The van der Waals surface area contributed by atoms with Crippen LogP contribution in [0.4, 0.5) is 10.4 Å². The molecule has 0 unspecified atom stereocenters. The minimum absolute atomic E-state index is 0.233. The SMILES string of the molecule is CN(Cc1ccccc1F)c1nc(CCl)co1. The quantitative estimate of drug-likeness (QED) is 0.785. The highest BCUT2D eigenvalue weighted by molar-refractivity contribution is 6.16. The van der Waals surface area contributed by atoms with Crippen molar-refractivity contribution < 1.29 is 8.81 Å². The van der Waals surface area contributed by atoms with Crippen LogP contribution in [0.25, 0.3) is 0 Å². The van der Waals surface area contributed by atoms with Gasteiger partial charge in [0, 0.05) is 19.2 Å². The highest BCUT2D eigenvalue weighted by Crippen LogP contribution is 2.17. The molecule has 2 aromatic rings. The van der Waals surface area contributed by atoms with E-state index in [1.165, 1.54) is 12.3 Å². The Morgan fingerprint density at radius 1 is 1.41 bits per heavy atom. The zero-order valence-corrected chi connectivity index (χ0v) is 10.1. The summed E-state index contributed by atoms with van der Waals surface area (Å²) >= 11 is 5.63. The predicted molar refractivity (Wildman–Crippen MR) is 64.6 cm³/mol. The zero-order valence-electron chi connectivity index (χ0n) is 9.36. The van der Waals surface area contributed by atoms with E-state index in [1.807, 2.05) is 0 Å². The number of hydrogen-bond donors (Lipinski definition) is 0. The van der Waals surface area contributed by atoms with E-state index in [-0.39, 0.29) is 5.82 Å². The fourth-order valence-corrected chi connectivity index (χ4v) is 1.61. The number of aromatic nitrogens is 1. The summed E-state index contributed by atoms with van der Waals surface area (Å²) in [6.07, 6.45) is 1.50. The van der Waals surface area contributed by atoms with Gasteiger partial charge in [-0.15, -0.1) is 11.6 Å². The third kappa shape index (κ3) is 2.77. The maximum Gasteiger partial charge on any atom is 0.297 e. The van der Waals surface area contributed by atoms with Gasteiger partial charge < -0.3 is 9.32 Å². The van der Waals surface area contributed by atoms with E-state index in [0.717, 1.165) is 0 Å². The van der Waals surface area contributed by atoms with E-state index in [1.54, 1.807) is 30.1 Å². The molecule has 0 fully saturated rings. The third-order valence-corrected chi connectivity index (χ3v) is 2.64. The van der Waals surface area contributed by atoms with Crippen molar-refractivity contribution in [3.8, 4) is 0 Å². The molecule has 5 heteroatoms. The second-order valence-corrected chi connectivity index (χ2v) is 3.97. The lowest BCUT2D eigenvalue weighted by molar-refractivity contribution is 0.539. The van der Waals surface area contributed by atoms with Crippen LogP contribution in [0.3, 0.4) is 0 Å². The minimum Gasteiger partial charge on any atom is -0.432 e. The van der Waals surface area contributed by atoms with Crippen LogP contribution >= 0.6 is 11.6 Å². The van der Waals surface area contributed by atoms with E-state index in [2.05, 4.69) is 4.98 Å². The normalized spacial score (nSPS) is 10.5. The van der Waals surface area contributed by atoms with Crippen LogP contribution in [0, 0.1) is 5.82 Å². The molecule has 2 rings (SSSR count). The summed E-state index contributed by atoms with van der Waals surface area (Å²) in [7, 11) is 1.79. The van der Waals surface area contributed by atoms with Crippen molar-refractivity contribution in [2.75, 3.05) is 11.9 Å². The summed E-state index contributed by atoms with van der Waals surface area (Å²) in [5.74, 6) is 0.0697. The van der Waals surface area contributed by atoms with Gasteiger partial charge in [0.05, 0.1) is 11.6 Å². The third-order valence-electron chi connectivity index (χ3n) is 2.37. The van der Waals surface area contributed by atoms with Crippen molar-refractivity contribution in [2.45, 2.75) is 12.4 Å². The summed E-state index contributed by atoms with van der Waals surface area (Å²) in [6.45, 7) is 0.398. The second kappa shape index (κ2) is 5.19. The van der Waals surface area contributed by atoms with Gasteiger partial charge in [-0.3, -0.25) is 0 Å². The van der Waals surface area contributed by atoms with E-state index < -0.39 is 0 Å². The molecular formula is C12H12ClFN2O. The average Bonchev–Trinajstić information content (AvgIpc) is 2.81. The van der Waals surface area contributed by atoms with E-state index in [4.69, 9.17) is 16.0 Å². The Morgan fingerprint density at radius 3 is 2.82 bits per heavy atom. The van der Waals surface area contributed by atoms with Gasteiger partial charge >= 0.3 is 0 Å². The Hall–Kier alpha value is -1.55. The molecule has 0 N–H and O–H groups in total. The van der Waals surface area contributed by atoms with Crippen molar-refractivity contribution >= 4 is 17.6 Å². The van der Waals surface area contributed by atoms with E-state index >= 15 is 0 Å². The van der Waals surface area contributed by atoms with Crippen LogP contribution in [-0.2, 0) is 12.4 Å². The van der Waals surface area contributed by atoms with Crippen molar-refractivity contribution in [3.63, 3.8) is 0 Å². The number of anilines is 1. The molecule has 0 saturated heterocycles. The molecule has 0 saturated carbocycles. The van der Waals surface area contributed by atoms with E-state index in [9.17, 15) is 4.39 Å². The van der Waals surface area contributed by atoms with Gasteiger partial charge in [-0.25, -0.2) is 4.39 Å². The smallest absolute Gasteiger partial charge is 0.297 e. The summed E-state index contributed by atoms with van der Waals surface area (Å²) < 4.78 is 18.7. The van der Waals surface area contributed by atoms with Crippen molar-refractivity contribution in [1.82, 2.24) is 4.98 Å². The Bertz CT molecular complexity index is 501. The molecule has 1 aromatic carbocycles. The lowest BCUT2D eigenvalue weighted by Gasteiger charge is -2.14. The van der Waals surface area contributed by atoms with Gasteiger partial charge in [0.25, 0.3) is 6.01 Å². The van der Waals surface area contributed by atoms with Gasteiger partial charge in [0.1, 0.15) is 12.1 Å². The largest absolute Gasteiger partial charge is 0.432 e. The van der Waals surface area contributed by atoms with Gasteiger partial charge in [-0.05, 0) is 6.07 Å². The summed E-state index contributed by atoms with van der Waals surface area (Å²) in [4.78, 5) is 5.89. The first-order valence-electron chi connectivity index (χ1n) is 5.15. The van der Waals surface area contributed by atoms with Crippen LogP contribution in [0.1, 0.15) is 11.3 Å². The van der Waals surface area contributed by atoms with Crippen LogP contribution in [0.5, 0.6) is 0 Å². The number of halogens is 2. The lowest BCUT2D eigenvalue weighted by atomic mass is 10.2. The first-order chi connectivity index (χ1) is 8.20. The molecule has 0 bridgehead atoms. The van der Waals surface area contributed by atoms with Crippen LogP contribution in [0.15, 0.2) is 34.9 Å². The lowest BCUT2D eigenvalue weighted by Crippen LogP contribution is -2.17. The first kappa shape index (κ1) is 11.9. The molecule has 3 nitrogen and oxygen atoms in total. The first-order valence-corrected chi connectivity index (χ1v) is 5.69. The molecule has 0 atom stereocenters. The topological polar surface area (TPSA) is 29.3 Å². The molecule has 17 heavy (non-hydrogen) atoms.